The summed E-state index contributed by atoms with van der Waals surface area (Å²) in [6.45, 7) is 0.532. The molecule has 0 bridgehead atoms. The number of benzene rings is 2. The summed E-state index contributed by atoms with van der Waals surface area (Å²) in [5, 5.41) is 0.626. The van der Waals surface area contributed by atoms with Gasteiger partial charge in [-0.05, 0) is 33.6 Å². The molecule has 0 aliphatic rings. The minimum absolute atomic E-state index is 0.0265. The van der Waals surface area contributed by atoms with Crippen molar-refractivity contribution >= 4 is 26.8 Å². The van der Waals surface area contributed by atoms with Crippen LogP contribution in [0.1, 0.15) is 5.56 Å². The maximum absolute atomic E-state index is 12.4. The van der Waals surface area contributed by atoms with Crippen molar-refractivity contribution in [3.63, 3.8) is 0 Å². The molecule has 4 heteroatoms. The van der Waals surface area contributed by atoms with Crippen molar-refractivity contribution in [3.05, 3.63) is 75.2 Å². The number of halogens is 1. The molecule has 0 aliphatic heterocycles. The molecule has 1 heterocycles. The molecule has 1 aromatic heterocycles. The molecule has 0 aliphatic carbocycles. The van der Waals surface area contributed by atoms with Crippen molar-refractivity contribution in [2.75, 3.05) is 0 Å². The summed E-state index contributed by atoms with van der Waals surface area (Å²) in [6.07, 6.45) is 1.60. The molecule has 0 N–H and O–H groups in total. The van der Waals surface area contributed by atoms with Crippen LogP contribution < -0.4 is 5.56 Å². The fourth-order valence-corrected chi connectivity index (χ4v) is 2.58. The minimum atomic E-state index is -0.0265. The predicted molar refractivity (Wildman–Crippen MR) is 79.2 cm³/mol. The van der Waals surface area contributed by atoms with E-state index in [0.717, 1.165) is 10.0 Å². The Morgan fingerprint density at radius 2 is 1.84 bits per heavy atom. The van der Waals surface area contributed by atoms with Crippen LogP contribution in [0, 0.1) is 0 Å². The summed E-state index contributed by atoms with van der Waals surface area (Å²) in [5.74, 6) is 0. The van der Waals surface area contributed by atoms with Gasteiger partial charge in [-0.25, -0.2) is 4.98 Å². The molecule has 0 atom stereocenters. The molecular weight excluding hydrogens is 304 g/mol. The van der Waals surface area contributed by atoms with Gasteiger partial charge >= 0.3 is 0 Å². The van der Waals surface area contributed by atoms with Crippen molar-refractivity contribution in [2.45, 2.75) is 6.54 Å². The average Bonchev–Trinajstić information content (AvgIpc) is 2.43. The van der Waals surface area contributed by atoms with Gasteiger partial charge < -0.3 is 0 Å². The topological polar surface area (TPSA) is 34.9 Å². The highest BCUT2D eigenvalue weighted by Gasteiger charge is 2.07. The zero-order valence-corrected chi connectivity index (χ0v) is 11.7. The van der Waals surface area contributed by atoms with E-state index < -0.39 is 0 Å². The van der Waals surface area contributed by atoms with Crippen LogP contribution in [-0.2, 0) is 6.54 Å². The molecule has 2 aromatic carbocycles. The van der Waals surface area contributed by atoms with Gasteiger partial charge in [0.15, 0.2) is 0 Å². The Balaban J connectivity index is 2.13. The van der Waals surface area contributed by atoms with E-state index in [1.54, 1.807) is 10.9 Å². The van der Waals surface area contributed by atoms with Crippen molar-refractivity contribution < 1.29 is 0 Å². The number of hydrogen-bond donors (Lipinski definition) is 0. The monoisotopic (exact) mass is 314 g/mol. The largest absolute Gasteiger partial charge is 0.294 e. The van der Waals surface area contributed by atoms with Crippen molar-refractivity contribution in [2.24, 2.45) is 0 Å². The number of hydrogen-bond acceptors (Lipinski definition) is 2. The molecule has 0 unspecified atom stereocenters. The molecule has 0 saturated carbocycles. The van der Waals surface area contributed by atoms with E-state index in [4.69, 9.17) is 0 Å². The van der Waals surface area contributed by atoms with Crippen LogP contribution >= 0.6 is 15.9 Å². The molecule has 3 nitrogen and oxygen atoms in total. The Morgan fingerprint density at radius 3 is 2.63 bits per heavy atom. The maximum Gasteiger partial charge on any atom is 0.262 e. The van der Waals surface area contributed by atoms with Gasteiger partial charge in [0, 0.05) is 4.47 Å². The van der Waals surface area contributed by atoms with Gasteiger partial charge in [0.1, 0.15) is 0 Å². The van der Waals surface area contributed by atoms with Crippen molar-refractivity contribution in [1.29, 1.82) is 0 Å². The van der Waals surface area contributed by atoms with E-state index in [0.29, 0.717) is 17.4 Å². The standard InChI is InChI=1S/C15H11BrN2O/c16-12-7-4-8-13-14(12)15(19)18(10-17-13)9-11-5-2-1-3-6-11/h1-8,10H,9H2. The van der Waals surface area contributed by atoms with Crippen LogP contribution in [0.3, 0.4) is 0 Å². The maximum atomic E-state index is 12.4. The van der Waals surface area contributed by atoms with E-state index in [2.05, 4.69) is 20.9 Å². The molecule has 0 spiro atoms. The van der Waals surface area contributed by atoms with Crippen LogP contribution in [-0.4, -0.2) is 9.55 Å². The Morgan fingerprint density at radius 1 is 1.05 bits per heavy atom. The Bertz CT molecular complexity index is 781. The Hall–Kier alpha value is -1.94. The SMILES string of the molecule is O=c1c2c(Br)cccc2ncn1Cc1ccccc1. The van der Waals surface area contributed by atoms with E-state index in [1.165, 1.54) is 0 Å². The Kier molecular flexibility index (Phi) is 3.17. The second-order valence-electron chi connectivity index (χ2n) is 4.30. The molecule has 3 aromatic rings. The van der Waals surface area contributed by atoms with Crippen LogP contribution in [0.25, 0.3) is 10.9 Å². The van der Waals surface area contributed by atoms with Gasteiger partial charge in [-0.3, -0.25) is 9.36 Å². The van der Waals surface area contributed by atoms with Crippen LogP contribution in [0.5, 0.6) is 0 Å². The van der Waals surface area contributed by atoms with Crippen LogP contribution in [0.4, 0.5) is 0 Å². The lowest BCUT2D eigenvalue weighted by Crippen LogP contribution is -2.21. The van der Waals surface area contributed by atoms with Gasteiger partial charge in [0.2, 0.25) is 0 Å². The molecule has 0 saturated heterocycles. The summed E-state index contributed by atoms with van der Waals surface area (Å²) in [5.41, 5.74) is 1.77. The number of aromatic nitrogens is 2. The second kappa shape index (κ2) is 4.97. The minimum Gasteiger partial charge on any atom is -0.294 e. The normalized spacial score (nSPS) is 10.8. The van der Waals surface area contributed by atoms with Crippen LogP contribution in [0.2, 0.25) is 0 Å². The highest BCUT2D eigenvalue weighted by atomic mass is 79.9. The first kappa shape index (κ1) is 12.1. The highest BCUT2D eigenvalue weighted by molar-refractivity contribution is 9.10. The zero-order chi connectivity index (χ0) is 13.2. The predicted octanol–water partition coefficient (Wildman–Crippen LogP) is 3.21. The smallest absolute Gasteiger partial charge is 0.262 e. The summed E-state index contributed by atoms with van der Waals surface area (Å²) in [7, 11) is 0. The highest BCUT2D eigenvalue weighted by Crippen LogP contribution is 2.18. The van der Waals surface area contributed by atoms with Crippen LogP contribution in [0.15, 0.2) is 64.1 Å². The van der Waals surface area contributed by atoms with Gasteiger partial charge in [0.05, 0.1) is 23.8 Å². The third-order valence-corrected chi connectivity index (χ3v) is 3.66. The van der Waals surface area contributed by atoms with Gasteiger partial charge in [-0.1, -0.05) is 36.4 Å². The lowest BCUT2D eigenvalue weighted by molar-refractivity contribution is 0.748. The first-order valence-electron chi connectivity index (χ1n) is 5.93. The molecule has 19 heavy (non-hydrogen) atoms. The molecule has 3 rings (SSSR count). The first-order valence-corrected chi connectivity index (χ1v) is 6.72. The molecule has 0 radical (unpaired) electrons. The van der Waals surface area contributed by atoms with Crippen molar-refractivity contribution in [3.8, 4) is 0 Å². The lowest BCUT2D eigenvalue weighted by Gasteiger charge is -2.07. The zero-order valence-electron chi connectivity index (χ0n) is 10.1. The Labute approximate surface area is 118 Å². The summed E-state index contributed by atoms with van der Waals surface area (Å²) in [4.78, 5) is 16.8. The third kappa shape index (κ3) is 2.31. The average molecular weight is 315 g/mol. The first-order chi connectivity index (χ1) is 9.25. The molecule has 94 valence electrons. The summed E-state index contributed by atoms with van der Waals surface area (Å²) >= 11 is 3.41. The molecule has 0 fully saturated rings. The summed E-state index contributed by atoms with van der Waals surface area (Å²) < 4.78 is 2.41. The van der Waals surface area contributed by atoms with E-state index in [9.17, 15) is 4.79 Å². The quantitative estimate of drug-likeness (QED) is 0.728. The summed E-state index contributed by atoms with van der Waals surface area (Å²) in [6, 6.07) is 15.5. The number of nitrogens with zero attached hydrogens (tertiary/aromatic N) is 2. The van der Waals surface area contributed by atoms with E-state index in [-0.39, 0.29) is 5.56 Å². The van der Waals surface area contributed by atoms with Gasteiger partial charge in [-0.2, -0.15) is 0 Å². The third-order valence-electron chi connectivity index (χ3n) is 3.00. The number of rotatable bonds is 2. The van der Waals surface area contributed by atoms with Gasteiger partial charge in [-0.15, -0.1) is 0 Å². The second-order valence-corrected chi connectivity index (χ2v) is 5.15. The van der Waals surface area contributed by atoms with Crippen molar-refractivity contribution in [1.82, 2.24) is 9.55 Å². The fraction of sp³-hybridized carbons (Fsp3) is 0.0667. The molecular formula is C15H11BrN2O. The number of fused-ring (bicyclic) bond motifs is 1. The van der Waals surface area contributed by atoms with Gasteiger partial charge in [0.25, 0.3) is 5.56 Å². The molecule has 0 amide bonds. The van der Waals surface area contributed by atoms with E-state index in [1.807, 2.05) is 48.5 Å². The fourth-order valence-electron chi connectivity index (χ4n) is 2.05. The lowest BCUT2D eigenvalue weighted by atomic mass is 10.2. The van der Waals surface area contributed by atoms with E-state index >= 15 is 0 Å².